The van der Waals surface area contributed by atoms with Crippen molar-refractivity contribution in [2.75, 3.05) is 0 Å². The zero-order valence-electron chi connectivity index (χ0n) is 8.07. The van der Waals surface area contributed by atoms with Crippen LogP contribution in [0.1, 0.15) is 27.2 Å². The Balaban J connectivity index is 0. The fraction of sp³-hybridized carbons (Fsp3) is 0.750. The Labute approximate surface area is 84.2 Å². The summed E-state index contributed by atoms with van der Waals surface area (Å²) in [5, 5.41) is 0. The normalized spacial score (nSPS) is 12.6. The fourth-order valence-corrected chi connectivity index (χ4v) is 0.624. The average molecular weight is 210 g/mol. The van der Waals surface area contributed by atoms with Crippen LogP contribution in [0.25, 0.3) is 0 Å². The molecule has 0 aliphatic carbocycles. The van der Waals surface area contributed by atoms with Gasteiger partial charge >= 0.3 is 5.97 Å². The lowest BCUT2D eigenvalue weighted by Gasteiger charge is -2.19. The summed E-state index contributed by atoms with van der Waals surface area (Å²) in [5.41, 5.74) is 4.71. The number of hydrogen-bond donors (Lipinski definition) is 1. The Morgan fingerprint density at radius 3 is 2.31 bits per heavy atom. The van der Waals surface area contributed by atoms with Crippen LogP contribution in [0.15, 0.2) is 0 Å². The first-order valence-corrected chi connectivity index (χ1v) is 3.78. The van der Waals surface area contributed by atoms with E-state index in [4.69, 9.17) is 10.5 Å². The maximum absolute atomic E-state index is 11.0. The SMILES string of the molecule is CC(C)(C)OC(=O)CC(N)C=O.Cl. The largest absolute Gasteiger partial charge is 0.460 e. The van der Waals surface area contributed by atoms with E-state index in [-0.39, 0.29) is 18.8 Å². The van der Waals surface area contributed by atoms with E-state index >= 15 is 0 Å². The van der Waals surface area contributed by atoms with Gasteiger partial charge in [-0.15, -0.1) is 12.4 Å². The number of nitrogens with two attached hydrogens (primary N) is 1. The molecule has 0 bridgehead atoms. The molecular formula is C8H16ClNO3. The third kappa shape index (κ3) is 9.30. The van der Waals surface area contributed by atoms with Gasteiger partial charge in [0.2, 0.25) is 0 Å². The van der Waals surface area contributed by atoms with Gasteiger partial charge in [0.15, 0.2) is 0 Å². The van der Waals surface area contributed by atoms with E-state index in [1.165, 1.54) is 0 Å². The van der Waals surface area contributed by atoms with E-state index in [1.54, 1.807) is 20.8 Å². The minimum absolute atomic E-state index is 0. The van der Waals surface area contributed by atoms with E-state index in [0.717, 1.165) is 0 Å². The second-order valence-corrected chi connectivity index (χ2v) is 3.59. The summed E-state index contributed by atoms with van der Waals surface area (Å²) in [4.78, 5) is 21.0. The molecule has 0 aromatic rings. The van der Waals surface area contributed by atoms with E-state index < -0.39 is 17.6 Å². The van der Waals surface area contributed by atoms with Crippen molar-refractivity contribution >= 4 is 24.7 Å². The van der Waals surface area contributed by atoms with Gasteiger partial charge in [0.05, 0.1) is 12.5 Å². The highest BCUT2D eigenvalue weighted by Crippen LogP contribution is 2.08. The summed E-state index contributed by atoms with van der Waals surface area (Å²) >= 11 is 0. The van der Waals surface area contributed by atoms with Crippen molar-refractivity contribution in [1.82, 2.24) is 0 Å². The van der Waals surface area contributed by atoms with Gasteiger partial charge in [0.25, 0.3) is 0 Å². The number of esters is 1. The molecule has 0 heterocycles. The summed E-state index contributed by atoms with van der Waals surface area (Å²) in [6.45, 7) is 5.28. The lowest BCUT2D eigenvalue weighted by Crippen LogP contribution is -2.30. The maximum atomic E-state index is 11.0. The van der Waals surface area contributed by atoms with Crippen LogP contribution in [0.3, 0.4) is 0 Å². The fourth-order valence-electron chi connectivity index (χ4n) is 0.624. The highest BCUT2D eigenvalue weighted by Gasteiger charge is 2.17. The molecule has 78 valence electrons. The minimum atomic E-state index is -0.750. The van der Waals surface area contributed by atoms with Gasteiger partial charge in [-0.1, -0.05) is 0 Å². The standard InChI is InChI=1S/C8H15NO3.ClH/c1-8(2,3)12-7(11)4-6(9)5-10;/h5-6H,4,9H2,1-3H3;1H. The molecule has 5 heteroatoms. The number of carbonyl (C=O) groups excluding carboxylic acids is 2. The van der Waals surface area contributed by atoms with Crippen LogP contribution in [0.2, 0.25) is 0 Å². The first kappa shape index (κ1) is 14.9. The van der Waals surface area contributed by atoms with E-state index in [9.17, 15) is 9.59 Å². The van der Waals surface area contributed by atoms with Crippen LogP contribution in [0.5, 0.6) is 0 Å². The van der Waals surface area contributed by atoms with Gasteiger partial charge in [0.1, 0.15) is 11.9 Å². The van der Waals surface area contributed by atoms with Gasteiger partial charge in [-0.05, 0) is 20.8 Å². The van der Waals surface area contributed by atoms with Gasteiger partial charge in [0, 0.05) is 0 Å². The molecule has 0 aromatic carbocycles. The number of hydrogen-bond acceptors (Lipinski definition) is 4. The molecule has 0 rings (SSSR count). The summed E-state index contributed by atoms with van der Waals surface area (Å²) in [5.74, 6) is -0.442. The Morgan fingerprint density at radius 2 is 2.00 bits per heavy atom. The van der Waals surface area contributed by atoms with E-state index in [1.807, 2.05) is 0 Å². The van der Waals surface area contributed by atoms with Crippen LogP contribution >= 0.6 is 12.4 Å². The zero-order valence-corrected chi connectivity index (χ0v) is 8.89. The summed E-state index contributed by atoms with van der Waals surface area (Å²) in [6, 6.07) is -0.750. The molecule has 0 saturated carbocycles. The first-order chi connectivity index (χ1) is 5.35. The Hall–Kier alpha value is -0.610. The van der Waals surface area contributed by atoms with Crippen molar-refractivity contribution in [3.63, 3.8) is 0 Å². The van der Waals surface area contributed by atoms with Crippen molar-refractivity contribution in [1.29, 1.82) is 0 Å². The lowest BCUT2D eigenvalue weighted by molar-refractivity contribution is -0.155. The maximum Gasteiger partial charge on any atom is 0.308 e. The topological polar surface area (TPSA) is 69.4 Å². The summed E-state index contributed by atoms with van der Waals surface area (Å²) in [6.07, 6.45) is 0.477. The monoisotopic (exact) mass is 209 g/mol. The van der Waals surface area contributed by atoms with E-state index in [2.05, 4.69) is 0 Å². The third-order valence-electron chi connectivity index (χ3n) is 0.997. The molecule has 0 amide bonds. The quantitative estimate of drug-likeness (QED) is 0.548. The summed E-state index contributed by atoms with van der Waals surface area (Å²) < 4.78 is 4.93. The molecule has 0 fully saturated rings. The van der Waals surface area contributed by atoms with Gasteiger partial charge in [-0.2, -0.15) is 0 Å². The molecule has 13 heavy (non-hydrogen) atoms. The number of halogens is 1. The molecular weight excluding hydrogens is 194 g/mol. The van der Waals surface area contributed by atoms with Crippen LogP contribution in [-0.4, -0.2) is 23.9 Å². The molecule has 0 saturated heterocycles. The molecule has 0 aromatic heterocycles. The smallest absolute Gasteiger partial charge is 0.308 e. The molecule has 0 radical (unpaired) electrons. The second kappa shape index (κ2) is 5.94. The molecule has 0 aliphatic heterocycles. The first-order valence-electron chi connectivity index (χ1n) is 3.78. The van der Waals surface area contributed by atoms with Gasteiger partial charge < -0.3 is 15.3 Å². The van der Waals surface area contributed by atoms with Gasteiger partial charge in [-0.3, -0.25) is 4.79 Å². The number of rotatable bonds is 3. The predicted molar refractivity (Wildman–Crippen MR) is 51.7 cm³/mol. The molecule has 2 N–H and O–H groups in total. The molecule has 4 nitrogen and oxygen atoms in total. The van der Waals surface area contributed by atoms with Crippen molar-refractivity contribution in [3.05, 3.63) is 0 Å². The lowest BCUT2D eigenvalue weighted by atomic mass is 10.2. The van der Waals surface area contributed by atoms with Crippen molar-refractivity contribution in [3.8, 4) is 0 Å². The number of carbonyl (C=O) groups is 2. The molecule has 0 aliphatic rings. The Kier molecular flexibility index (Phi) is 6.80. The number of aldehydes is 1. The van der Waals surface area contributed by atoms with Crippen LogP contribution in [0, 0.1) is 0 Å². The third-order valence-corrected chi connectivity index (χ3v) is 0.997. The zero-order chi connectivity index (χ0) is 9.78. The highest BCUT2D eigenvalue weighted by atomic mass is 35.5. The van der Waals surface area contributed by atoms with Crippen LogP contribution in [0.4, 0.5) is 0 Å². The number of ether oxygens (including phenoxy) is 1. The predicted octanol–water partition coefficient (Wildman–Crippen LogP) is 0.666. The minimum Gasteiger partial charge on any atom is -0.460 e. The molecule has 0 spiro atoms. The van der Waals surface area contributed by atoms with E-state index in [0.29, 0.717) is 6.29 Å². The van der Waals surface area contributed by atoms with Crippen molar-refractivity contribution in [2.45, 2.75) is 38.8 Å². The van der Waals surface area contributed by atoms with Crippen LogP contribution in [-0.2, 0) is 14.3 Å². The molecule has 1 atom stereocenters. The van der Waals surface area contributed by atoms with Crippen LogP contribution < -0.4 is 5.73 Å². The highest BCUT2D eigenvalue weighted by molar-refractivity contribution is 5.85. The Morgan fingerprint density at radius 1 is 1.54 bits per heavy atom. The van der Waals surface area contributed by atoms with Gasteiger partial charge in [-0.25, -0.2) is 0 Å². The second-order valence-electron chi connectivity index (χ2n) is 3.59. The van der Waals surface area contributed by atoms with Crippen molar-refractivity contribution < 1.29 is 14.3 Å². The molecule has 1 unspecified atom stereocenters. The average Bonchev–Trinajstić information content (AvgIpc) is 1.82. The van der Waals surface area contributed by atoms with Crippen molar-refractivity contribution in [2.24, 2.45) is 5.73 Å². The Bertz CT molecular complexity index is 177. The summed E-state index contributed by atoms with van der Waals surface area (Å²) in [7, 11) is 0.